The van der Waals surface area contributed by atoms with Gasteiger partial charge in [-0.2, -0.15) is 0 Å². The van der Waals surface area contributed by atoms with Gasteiger partial charge in [0.1, 0.15) is 11.6 Å². The summed E-state index contributed by atoms with van der Waals surface area (Å²) < 4.78 is 0. The summed E-state index contributed by atoms with van der Waals surface area (Å²) in [6.07, 6.45) is 0.936. The van der Waals surface area contributed by atoms with Crippen molar-refractivity contribution in [1.29, 1.82) is 0 Å². The van der Waals surface area contributed by atoms with Gasteiger partial charge in [0.05, 0.1) is 0 Å². The van der Waals surface area contributed by atoms with E-state index in [0.29, 0.717) is 12.6 Å². The lowest BCUT2D eigenvalue weighted by molar-refractivity contribution is 0.328. The maximum absolute atomic E-state index is 5.67. The van der Waals surface area contributed by atoms with E-state index in [4.69, 9.17) is 5.73 Å². The van der Waals surface area contributed by atoms with E-state index in [0.717, 1.165) is 23.8 Å². The molecule has 0 radical (unpaired) electrons. The quantitative estimate of drug-likeness (QED) is 0.841. The van der Waals surface area contributed by atoms with E-state index in [-0.39, 0.29) is 5.41 Å². The van der Waals surface area contributed by atoms with Crippen LogP contribution in [0.2, 0.25) is 0 Å². The van der Waals surface area contributed by atoms with Crippen LogP contribution in [0.25, 0.3) is 0 Å². The second-order valence-corrected chi connectivity index (χ2v) is 5.58. The van der Waals surface area contributed by atoms with E-state index >= 15 is 0 Å². The second-order valence-electron chi connectivity index (χ2n) is 5.58. The lowest BCUT2D eigenvalue weighted by Gasteiger charge is -2.31. The third-order valence-corrected chi connectivity index (χ3v) is 2.79. The van der Waals surface area contributed by atoms with Crippen LogP contribution in [0.1, 0.15) is 38.7 Å². The van der Waals surface area contributed by atoms with Crippen LogP contribution in [0, 0.1) is 19.3 Å². The molecule has 0 saturated heterocycles. The van der Waals surface area contributed by atoms with Crippen LogP contribution in [-0.2, 0) is 0 Å². The summed E-state index contributed by atoms with van der Waals surface area (Å²) in [4.78, 5) is 8.68. The van der Waals surface area contributed by atoms with Crippen molar-refractivity contribution in [3.05, 3.63) is 17.6 Å². The van der Waals surface area contributed by atoms with Crippen LogP contribution >= 0.6 is 0 Å². The zero-order valence-corrected chi connectivity index (χ0v) is 11.5. The van der Waals surface area contributed by atoms with Crippen LogP contribution in [-0.4, -0.2) is 22.6 Å². The number of hydrogen-bond donors (Lipinski definition) is 2. The molecule has 0 spiro atoms. The van der Waals surface area contributed by atoms with Gasteiger partial charge in [0.25, 0.3) is 0 Å². The van der Waals surface area contributed by atoms with Gasteiger partial charge in [-0.1, -0.05) is 20.8 Å². The van der Waals surface area contributed by atoms with Crippen molar-refractivity contribution in [2.24, 2.45) is 11.1 Å². The first-order valence-electron chi connectivity index (χ1n) is 6.12. The maximum Gasteiger partial charge on any atom is 0.130 e. The topological polar surface area (TPSA) is 63.8 Å². The van der Waals surface area contributed by atoms with Gasteiger partial charge in [-0.15, -0.1) is 0 Å². The number of anilines is 1. The summed E-state index contributed by atoms with van der Waals surface area (Å²) in [6, 6.07) is 2.30. The summed E-state index contributed by atoms with van der Waals surface area (Å²) in [7, 11) is 0. The number of aryl methyl sites for hydroxylation is 2. The van der Waals surface area contributed by atoms with Crippen LogP contribution in [0.5, 0.6) is 0 Å². The molecule has 1 unspecified atom stereocenters. The van der Waals surface area contributed by atoms with Crippen molar-refractivity contribution in [1.82, 2.24) is 9.97 Å². The van der Waals surface area contributed by atoms with Gasteiger partial charge in [0, 0.05) is 17.8 Å². The normalized spacial score (nSPS) is 13.5. The first-order chi connectivity index (χ1) is 7.82. The zero-order valence-electron chi connectivity index (χ0n) is 11.5. The number of nitrogens with one attached hydrogen (secondary N) is 1. The molecule has 3 N–H and O–H groups in total. The van der Waals surface area contributed by atoms with Crippen molar-refractivity contribution >= 4 is 5.82 Å². The molecule has 0 aliphatic carbocycles. The molecular formula is C13H24N4. The molecule has 1 heterocycles. The average Bonchev–Trinajstić information content (AvgIpc) is 2.13. The lowest BCUT2D eigenvalue weighted by Crippen LogP contribution is -2.36. The Labute approximate surface area is 104 Å². The Morgan fingerprint density at radius 3 is 2.41 bits per heavy atom. The first-order valence-corrected chi connectivity index (χ1v) is 6.12. The predicted molar refractivity (Wildman–Crippen MR) is 72.0 cm³/mol. The van der Waals surface area contributed by atoms with E-state index < -0.39 is 0 Å². The fourth-order valence-corrected chi connectivity index (χ4v) is 1.86. The molecule has 4 heteroatoms. The fraction of sp³-hybridized carbons (Fsp3) is 0.692. The highest BCUT2D eigenvalue weighted by molar-refractivity contribution is 5.37. The molecule has 1 aromatic rings. The number of nitrogens with two attached hydrogens (primary N) is 1. The zero-order chi connectivity index (χ0) is 13.1. The molecule has 1 rings (SSSR count). The third kappa shape index (κ3) is 4.30. The molecular weight excluding hydrogens is 212 g/mol. The number of rotatable bonds is 4. The average molecular weight is 236 g/mol. The van der Waals surface area contributed by atoms with Gasteiger partial charge in [0.15, 0.2) is 0 Å². The Bertz CT molecular complexity index is 348. The minimum absolute atomic E-state index is 0.159. The van der Waals surface area contributed by atoms with Crippen molar-refractivity contribution in [2.45, 2.75) is 47.1 Å². The van der Waals surface area contributed by atoms with Gasteiger partial charge in [-0.25, -0.2) is 9.97 Å². The maximum atomic E-state index is 5.67. The molecule has 17 heavy (non-hydrogen) atoms. The van der Waals surface area contributed by atoms with Crippen molar-refractivity contribution < 1.29 is 0 Å². The minimum atomic E-state index is 0.159. The van der Waals surface area contributed by atoms with Gasteiger partial charge in [-0.05, 0) is 32.2 Å². The van der Waals surface area contributed by atoms with Gasteiger partial charge in [-0.3, -0.25) is 0 Å². The molecule has 0 aliphatic heterocycles. The van der Waals surface area contributed by atoms with E-state index in [2.05, 4.69) is 36.1 Å². The third-order valence-electron chi connectivity index (χ3n) is 2.79. The summed E-state index contributed by atoms with van der Waals surface area (Å²) in [5, 5.41) is 3.47. The van der Waals surface area contributed by atoms with E-state index in [1.807, 2.05) is 19.9 Å². The molecule has 0 fully saturated rings. The molecule has 1 atom stereocenters. The summed E-state index contributed by atoms with van der Waals surface area (Å²) in [5.74, 6) is 1.69. The van der Waals surface area contributed by atoms with Crippen LogP contribution < -0.4 is 11.1 Å². The molecule has 0 amide bonds. The number of aromatic nitrogens is 2. The predicted octanol–water partition coefficient (Wildman–Crippen LogP) is 2.27. The molecule has 0 aromatic carbocycles. The van der Waals surface area contributed by atoms with Crippen molar-refractivity contribution in [3.8, 4) is 0 Å². The lowest BCUT2D eigenvalue weighted by atomic mass is 9.85. The van der Waals surface area contributed by atoms with Crippen LogP contribution in [0.15, 0.2) is 6.07 Å². The van der Waals surface area contributed by atoms with E-state index in [1.165, 1.54) is 0 Å². The van der Waals surface area contributed by atoms with Crippen molar-refractivity contribution in [2.75, 3.05) is 11.9 Å². The largest absolute Gasteiger partial charge is 0.367 e. The highest BCUT2D eigenvalue weighted by Crippen LogP contribution is 2.24. The molecule has 96 valence electrons. The highest BCUT2D eigenvalue weighted by atomic mass is 15.1. The smallest absolute Gasteiger partial charge is 0.130 e. The molecule has 1 aromatic heterocycles. The van der Waals surface area contributed by atoms with Gasteiger partial charge < -0.3 is 11.1 Å². The highest BCUT2D eigenvalue weighted by Gasteiger charge is 2.24. The number of hydrogen-bond acceptors (Lipinski definition) is 4. The standard InChI is InChI=1S/C13H24N4/c1-9-8-12(16-10(2)15-9)17-11(6-7-14)13(3,4)5/h8,11H,6-7,14H2,1-5H3,(H,15,16,17). The Morgan fingerprint density at radius 1 is 1.29 bits per heavy atom. The Hall–Kier alpha value is -1.16. The first kappa shape index (κ1) is 13.9. The SMILES string of the molecule is Cc1cc(NC(CCN)C(C)(C)C)nc(C)n1. The summed E-state index contributed by atoms with van der Waals surface area (Å²) in [6.45, 7) is 11.2. The Balaban J connectivity index is 2.86. The van der Waals surface area contributed by atoms with E-state index in [1.54, 1.807) is 0 Å². The van der Waals surface area contributed by atoms with E-state index in [9.17, 15) is 0 Å². The molecule has 4 nitrogen and oxygen atoms in total. The second kappa shape index (κ2) is 5.45. The fourth-order valence-electron chi connectivity index (χ4n) is 1.86. The molecule has 0 bridgehead atoms. The van der Waals surface area contributed by atoms with Gasteiger partial charge >= 0.3 is 0 Å². The number of nitrogens with zero attached hydrogens (tertiary/aromatic N) is 2. The summed E-state index contributed by atoms with van der Waals surface area (Å²) in [5.41, 5.74) is 6.81. The monoisotopic (exact) mass is 236 g/mol. The molecule has 0 aliphatic rings. The van der Waals surface area contributed by atoms with Crippen LogP contribution in [0.3, 0.4) is 0 Å². The Morgan fingerprint density at radius 2 is 1.94 bits per heavy atom. The Kier molecular flexibility index (Phi) is 4.46. The minimum Gasteiger partial charge on any atom is -0.367 e. The molecule has 0 saturated carbocycles. The van der Waals surface area contributed by atoms with Crippen LogP contribution in [0.4, 0.5) is 5.82 Å². The van der Waals surface area contributed by atoms with Gasteiger partial charge in [0.2, 0.25) is 0 Å². The summed E-state index contributed by atoms with van der Waals surface area (Å²) >= 11 is 0. The van der Waals surface area contributed by atoms with Crippen molar-refractivity contribution in [3.63, 3.8) is 0 Å².